The highest BCUT2D eigenvalue weighted by atomic mass is 16.5. The molecule has 0 spiro atoms. The van der Waals surface area contributed by atoms with Crippen LogP contribution in [0.3, 0.4) is 0 Å². The Bertz CT molecular complexity index is 558. The zero-order valence-electron chi connectivity index (χ0n) is 16.3. The van der Waals surface area contributed by atoms with Crippen LogP contribution >= 0.6 is 0 Å². The van der Waals surface area contributed by atoms with Crippen molar-refractivity contribution in [2.24, 2.45) is 5.92 Å². The van der Waals surface area contributed by atoms with Gasteiger partial charge in [0.05, 0.1) is 7.11 Å². The molecule has 5 heteroatoms. The normalized spacial score (nSPS) is 25.9. The van der Waals surface area contributed by atoms with Gasteiger partial charge in [-0.3, -0.25) is 14.6 Å². The molecule has 0 aromatic heterocycles. The lowest BCUT2D eigenvalue weighted by molar-refractivity contribution is -0.141. The van der Waals surface area contributed by atoms with Crippen LogP contribution < -0.4 is 0 Å². The van der Waals surface area contributed by atoms with E-state index in [-0.39, 0.29) is 5.97 Å². The summed E-state index contributed by atoms with van der Waals surface area (Å²) in [7, 11) is 3.69. The third-order valence-electron chi connectivity index (χ3n) is 5.98. The van der Waals surface area contributed by atoms with Crippen LogP contribution in [0.1, 0.15) is 24.8 Å². The van der Waals surface area contributed by atoms with Crippen molar-refractivity contribution in [2.75, 3.05) is 53.4 Å². The highest BCUT2D eigenvalue weighted by Crippen LogP contribution is 2.28. The average molecular weight is 360 g/mol. The molecule has 1 aromatic rings. The molecular weight excluding hydrogens is 326 g/mol. The van der Waals surface area contributed by atoms with Gasteiger partial charge in [0.15, 0.2) is 0 Å². The number of hydrogen-bond donors (Lipinski definition) is 0. The fourth-order valence-corrected chi connectivity index (χ4v) is 4.40. The smallest absolute Gasteiger partial charge is 0.305 e. The molecule has 1 aromatic carbocycles. The summed E-state index contributed by atoms with van der Waals surface area (Å²) >= 11 is 0. The maximum absolute atomic E-state index is 11.7. The van der Waals surface area contributed by atoms with Crippen molar-refractivity contribution in [3.05, 3.63) is 35.9 Å². The molecule has 0 bridgehead atoms. The van der Waals surface area contributed by atoms with E-state index in [0.717, 1.165) is 52.2 Å². The third kappa shape index (κ3) is 5.29. The second-order valence-electron chi connectivity index (χ2n) is 7.79. The molecule has 0 unspecified atom stereocenters. The van der Waals surface area contributed by atoms with Crippen molar-refractivity contribution < 1.29 is 9.53 Å². The summed E-state index contributed by atoms with van der Waals surface area (Å²) in [6.07, 6.45) is 2.65. The van der Waals surface area contributed by atoms with E-state index in [4.69, 9.17) is 4.74 Å². The van der Waals surface area contributed by atoms with Crippen LogP contribution in [-0.4, -0.2) is 80.1 Å². The first-order valence-electron chi connectivity index (χ1n) is 9.91. The molecule has 3 rings (SSSR count). The summed E-state index contributed by atoms with van der Waals surface area (Å²) in [5.74, 6) is 0.456. The number of carbonyl (C=O) groups is 1. The van der Waals surface area contributed by atoms with Gasteiger partial charge in [0, 0.05) is 51.7 Å². The number of esters is 1. The average Bonchev–Trinajstić information content (AvgIpc) is 2.68. The molecule has 0 aliphatic carbocycles. The molecule has 2 heterocycles. The first kappa shape index (κ1) is 19.3. The molecule has 5 nitrogen and oxygen atoms in total. The second-order valence-corrected chi connectivity index (χ2v) is 7.79. The SMILES string of the molecule is COC(=O)CC[C@H]1CN(Cc2ccccc2)CC[C@H]1N1CCN(C)CC1. The van der Waals surface area contributed by atoms with Crippen LogP contribution in [0.2, 0.25) is 0 Å². The number of carbonyl (C=O) groups excluding carboxylic acids is 1. The highest BCUT2D eigenvalue weighted by Gasteiger charge is 2.34. The Balaban J connectivity index is 1.62. The lowest BCUT2D eigenvalue weighted by atomic mass is 9.86. The summed E-state index contributed by atoms with van der Waals surface area (Å²) < 4.78 is 4.89. The topological polar surface area (TPSA) is 36.0 Å². The Kier molecular flexibility index (Phi) is 7.06. The maximum atomic E-state index is 11.7. The van der Waals surface area contributed by atoms with Gasteiger partial charge in [0.25, 0.3) is 0 Å². The van der Waals surface area contributed by atoms with Gasteiger partial charge >= 0.3 is 5.97 Å². The summed E-state index contributed by atoms with van der Waals surface area (Å²) in [6.45, 7) is 7.81. The standard InChI is InChI=1S/C21H33N3O2/c1-22-12-14-24(15-13-22)20-10-11-23(16-18-6-4-3-5-7-18)17-19(20)8-9-21(25)26-2/h3-7,19-20H,8-17H2,1-2H3/t19-,20+/m0/s1. The molecule has 0 saturated carbocycles. The van der Waals surface area contributed by atoms with Crippen LogP contribution in [0.4, 0.5) is 0 Å². The van der Waals surface area contributed by atoms with Gasteiger partial charge < -0.3 is 9.64 Å². The molecule has 0 radical (unpaired) electrons. The number of likely N-dealkylation sites (N-methyl/N-ethyl adjacent to an activating group) is 1. The van der Waals surface area contributed by atoms with Crippen LogP contribution in [0, 0.1) is 5.92 Å². The number of hydrogen-bond acceptors (Lipinski definition) is 5. The molecule has 26 heavy (non-hydrogen) atoms. The lowest BCUT2D eigenvalue weighted by Crippen LogP contribution is -2.56. The first-order chi connectivity index (χ1) is 12.7. The van der Waals surface area contributed by atoms with Crippen LogP contribution in [0.15, 0.2) is 30.3 Å². The van der Waals surface area contributed by atoms with E-state index in [1.807, 2.05) is 0 Å². The summed E-state index contributed by atoms with van der Waals surface area (Å²) in [6, 6.07) is 11.3. The minimum absolute atomic E-state index is 0.0812. The molecule has 0 N–H and O–H groups in total. The minimum atomic E-state index is -0.0812. The van der Waals surface area contributed by atoms with E-state index in [9.17, 15) is 4.79 Å². The summed E-state index contributed by atoms with van der Waals surface area (Å²) in [5.41, 5.74) is 1.37. The first-order valence-corrected chi connectivity index (χ1v) is 9.91. The lowest BCUT2D eigenvalue weighted by Gasteiger charge is -2.46. The Morgan fingerprint density at radius 1 is 1.12 bits per heavy atom. The van der Waals surface area contributed by atoms with E-state index in [1.54, 1.807) is 0 Å². The van der Waals surface area contributed by atoms with Gasteiger partial charge in [-0.2, -0.15) is 0 Å². The number of piperidine rings is 1. The van der Waals surface area contributed by atoms with Crippen molar-refractivity contribution in [2.45, 2.75) is 31.8 Å². The van der Waals surface area contributed by atoms with Crippen molar-refractivity contribution in [1.29, 1.82) is 0 Å². The van der Waals surface area contributed by atoms with Crippen LogP contribution in [-0.2, 0) is 16.1 Å². The molecule has 2 aliphatic heterocycles. The van der Waals surface area contributed by atoms with Gasteiger partial charge in [0.1, 0.15) is 0 Å². The van der Waals surface area contributed by atoms with Gasteiger partial charge in [0.2, 0.25) is 0 Å². The van der Waals surface area contributed by atoms with Gasteiger partial charge in [-0.15, -0.1) is 0 Å². The van der Waals surface area contributed by atoms with Crippen molar-refractivity contribution >= 4 is 5.97 Å². The summed E-state index contributed by atoms with van der Waals surface area (Å²) in [5, 5.41) is 0. The quantitative estimate of drug-likeness (QED) is 0.727. The zero-order valence-corrected chi connectivity index (χ0v) is 16.3. The van der Waals surface area contributed by atoms with E-state index in [1.165, 1.54) is 19.1 Å². The van der Waals surface area contributed by atoms with Gasteiger partial charge in [-0.05, 0) is 37.9 Å². The minimum Gasteiger partial charge on any atom is -0.469 e. The maximum Gasteiger partial charge on any atom is 0.305 e. The van der Waals surface area contributed by atoms with Gasteiger partial charge in [-0.25, -0.2) is 0 Å². The molecule has 144 valence electrons. The zero-order chi connectivity index (χ0) is 18.4. The monoisotopic (exact) mass is 359 g/mol. The van der Waals surface area contributed by atoms with E-state index >= 15 is 0 Å². The van der Waals surface area contributed by atoms with Gasteiger partial charge in [-0.1, -0.05) is 30.3 Å². The van der Waals surface area contributed by atoms with Crippen LogP contribution in [0.5, 0.6) is 0 Å². The fraction of sp³-hybridized carbons (Fsp3) is 0.667. The number of rotatable bonds is 6. The second kappa shape index (κ2) is 9.49. The molecule has 2 fully saturated rings. The van der Waals surface area contributed by atoms with Crippen LogP contribution in [0.25, 0.3) is 0 Å². The molecule has 0 amide bonds. The molecule has 2 aliphatic rings. The van der Waals surface area contributed by atoms with E-state index < -0.39 is 0 Å². The fourth-order valence-electron chi connectivity index (χ4n) is 4.40. The summed E-state index contributed by atoms with van der Waals surface area (Å²) in [4.78, 5) is 19.3. The van der Waals surface area contributed by atoms with Crippen molar-refractivity contribution in [1.82, 2.24) is 14.7 Å². The number of benzene rings is 1. The highest BCUT2D eigenvalue weighted by molar-refractivity contribution is 5.69. The Hall–Kier alpha value is -1.43. The Morgan fingerprint density at radius 3 is 2.54 bits per heavy atom. The number of likely N-dealkylation sites (tertiary alicyclic amines) is 1. The predicted octanol–water partition coefficient (Wildman–Crippen LogP) is 2.08. The number of piperazine rings is 1. The van der Waals surface area contributed by atoms with Crippen molar-refractivity contribution in [3.63, 3.8) is 0 Å². The number of methoxy groups -OCH3 is 1. The molecule has 2 saturated heterocycles. The van der Waals surface area contributed by atoms with Crippen molar-refractivity contribution in [3.8, 4) is 0 Å². The Morgan fingerprint density at radius 2 is 1.85 bits per heavy atom. The largest absolute Gasteiger partial charge is 0.469 e. The number of nitrogens with zero attached hydrogens (tertiary/aromatic N) is 3. The predicted molar refractivity (Wildman–Crippen MR) is 104 cm³/mol. The number of ether oxygens (including phenoxy) is 1. The Labute approximate surface area is 157 Å². The van der Waals surface area contributed by atoms with E-state index in [2.05, 4.69) is 52.1 Å². The third-order valence-corrected chi connectivity index (χ3v) is 5.98. The molecule has 2 atom stereocenters. The van der Waals surface area contributed by atoms with E-state index in [0.29, 0.717) is 18.4 Å². The molecular formula is C21H33N3O2.